The molecule has 1 aromatic heterocycles. The summed E-state index contributed by atoms with van der Waals surface area (Å²) in [4.78, 5) is 18.8. The van der Waals surface area contributed by atoms with E-state index in [2.05, 4.69) is 126 Å². The lowest BCUT2D eigenvalue weighted by Gasteiger charge is -2.19. The van der Waals surface area contributed by atoms with Gasteiger partial charge < -0.3 is 0 Å². The van der Waals surface area contributed by atoms with E-state index in [1.807, 2.05) is 84.9 Å². The van der Waals surface area contributed by atoms with E-state index in [1.165, 1.54) is 38.2 Å². The summed E-state index contributed by atoms with van der Waals surface area (Å²) in [5.41, 5.74) is 12.1. The first-order valence-corrected chi connectivity index (χ1v) is 19.3. The molecule has 10 rings (SSSR count). The third-order valence-corrected chi connectivity index (χ3v) is 10.7. The number of hydrogen-bond donors (Lipinski definition) is 0. The van der Waals surface area contributed by atoms with Crippen molar-refractivity contribution in [3.05, 3.63) is 218 Å². The summed E-state index contributed by atoms with van der Waals surface area (Å²) < 4.78 is 0. The Bertz CT molecular complexity index is 3080. The lowest BCUT2D eigenvalue weighted by Crippen LogP contribution is -2.00. The Morgan fingerprint density at radius 1 is 0.276 bits per heavy atom. The van der Waals surface area contributed by atoms with Crippen LogP contribution in [0, 0.1) is 6.57 Å². The molecule has 0 aliphatic heterocycles. The lowest BCUT2D eigenvalue weighted by molar-refractivity contribution is 1.07. The largest absolute Gasteiger partial charge is 0.238 e. The first-order valence-electron chi connectivity index (χ1n) is 19.3. The smallest absolute Gasteiger partial charge is 0.187 e. The minimum atomic E-state index is 0.580. The Labute approximate surface area is 337 Å². The topological polar surface area (TPSA) is 43.0 Å². The molecule has 0 bridgehead atoms. The predicted octanol–water partition coefficient (Wildman–Crippen LogP) is 14.4. The number of hydrogen-bond acceptors (Lipinski definition) is 3. The molecule has 0 aliphatic rings. The van der Waals surface area contributed by atoms with Crippen molar-refractivity contribution in [3.63, 3.8) is 0 Å². The maximum absolute atomic E-state index is 7.56. The van der Waals surface area contributed by atoms with Gasteiger partial charge in [-0.25, -0.2) is 19.8 Å². The Morgan fingerprint density at radius 3 is 1.21 bits per heavy atom. The molecule has 4 heteroatoms. The summed E-state index contributed by atoms with van der Waals surface area (Å²) in [7, 11) is 0. The van der Waals surface area contributed by atoms with E-state index in [-0.39, 0.29) is 0 Å². The molecule has 0 saturated carbocycles. The standard InChI is InChI=1S/C54H34N4/c1-55-45-29-26-36(27-30-45)42-32-43(34-44(33-42)54-57-52(39-20-10-4-11-21-39)56-53(58-54)40-22-12-5-13-23-40)41-28-31-47-46-24-14-15-25-48(46)50(37-16-6-2-7-17-37)51(49(47)35-41)38-18-8-3-9-19-38/h2-35H. The zero-order chi connectivity index (χ0) is 38.8. The van der Waals surface area contributed by atoms with Crippen LogP contribution in [-0.4, -0.2) is 15.0 Å². The van der Waals surface area contributed by atoms with Gasteiger partial charge in [0.05, 0.1) is 6.57 Å². The van der Waals surface area contributed by atoms with Crippen molar-refractivity contribution in [2.24, 2.45) is 0 Å². The zero-order valence-electron chi connectivity index (χ0n) is 31.4. The van der Waals surface area contributed by atoms with Crippen molar-refractivity contribution in [1.82, 2.24) is 15.0 Å². The van der Waals surface area contributed by atoms with Crippen molar-refractivity contribution in [2.75, 3.05) is 0 Å². The van der Waals surface area contributed by atoms with Crippen molar-refractivity contribution >= 4 is 27.2 Å². The lowest BCUT2D eigenvalue weighted by atomic mass is 9.84. The van der Waals surface area contributed by atoms with Gasteiger partial charge in [-0.1, -0.05) is 182 Å². The Hall–Kier alpha value is -8.00. The monoisotopic (exact) mass is 738 g/mol. The second kappa shape index (κ2) is 14.9. The van der Waals surface area contributed by atoms with Gasteiger partial charge in [-0.05, 0) is 90.3 Å². The first kappa shape index (κ1) is 34.5. The average molecular weight is 739 g/mol. The van der Waals surface area contributed by atoms with E-state index in [9.17, 15) is 0 Å². The van der Waals surface area contributed by atoms with Crippen LogP contribution < -0.4 is 0 Å². The highest BCUT2D eigenvalue weighted by Gasteiger charge is 2.19. The summed E-state index contributed by atoms with van der Waals surface area (Å²) in [6.07, 6.45) is 0. The molecule has 0 amide bonds. The third-order valence-electron chi connectivity index (χ3n) is 10.7. The maximum Gasteiger partial charge on any atom is 0.187 e. The van der Waals surface area contributed by atoms with Gasteiger partial charge in [-0.2, -0.15) is 0 Å². The second-order valence-corrected chi connectivity index (χ2v) is 14.3. The number of benzene rings is 9. The van der Waals surface area contributed by atoms with Gasteiger partial charge >= 0.3 is 0 Å². The van der Waals surface area contributed by atoms with Gasteiger partial charge in [0.25, 0.3) is 0 Å². The second-order valence-electron chi connectivity index (χ2n) is 14.3. The number of fused-ring (bicyclic) bond motifs is 3. The van der Waals surface area contributed by atoms with Crippen LogP contribution in [0.2, 0.25) is 0 Å². The van der Waals surface area contributed by atoms with Crippen LogP contribution in [0.15, 0.2) is 206 Å². The summed E-state index contributed by atoms with van der Waals surface area (Å²) in [5, 5.41) is 4.80. The highest BCUT2D eigenvalue weighted by molar-refractivity contribution is 6.22. The summed E-state index contributed by atoms with van der Waals surface area (Å²) >= 11 is 0. The zero-order valence-corrected chi connectivity index (χ0v) is 31.4. The molecule has 4 nitrogen and oxygen atoms in total. The van der Waals surface area contributed by atoms with Crippen molar-refractivity contribution in [2.45, 2.75) is 0 Å². The number of nitrogens with zero attached hydrogens (tertiary/aromatic N) is 4. The van der Waals surface area contributed by atoms with Gasteiger partial charge in [0.2, 0.25) is 0 Å². The van der Waals surface area contributed by atoms with Crippen molar-refractivity contribution in [1.29, 1.82) is 0 Å². The Morgan fingerprint density at radius 2 is 0.672 bits per heavy atom. The fourth-order valence-corrected chi connectivity index (χ4v) is 7.94. The number of aromatic nitrogens is 3. The molecular formula is C54H34N4. The van der Waals surface area contributed by atoms with Crippen LogP contribution in [-0.2, 0) is 0 Å². The molecule has 0 aliphatic carbocycles. The minimum absolute atomic E-state index is 0.580. The fraction of sp³-hybridized carbons (Fsp3) is 0. The van der Waals surface area contributed by atoms with Crippen LogP contribution in [0.1, 0.15) is 0 Å². The van der Waals surface area contributed by atoms with Gasteiger partial charge in [0, 0.05) is 16.7 Å². The normalized spacial score (nSPS) is 11.1. The van der Waals surface area contributed by atoms with Crippen molar-refractivity contribution in [3.8, 4) is 78.7 Å². The van der Waals surface area contributed by atoms with Gasteiger partial charge in [0.15, 0.2) is 23.2 Å². The third kappa shape index (κ3) is 6.47. The van der Waals surface area contributed by atoms with Crippen LogP contribution >= 0.6 is 0 Å². The van der Waals surface area contributed by atoms with E-state index in [0.29, 0.717) is 23.2 Å². The fourth-order valence-electron chi connectivity index (χ4n) is 7.94. The SMILES string of the molecule is [C-]#[N+]c1ccc(-c2cc(-c3ccc4c(c3)c(-c3ccccc3)c(-c3ccccc3)c3ccccc34)cc(-c3nc(-c4ccccc4)nc(-c4ccccc4)n3)c2)cc1. The molecule has 0 atom stereocenters. The predicted molar refractivity (Wildman–Crippen MR) is 239 cm³/mol. The summed E-state index contributed by atoms with van der Waals surface area (Å²) in [5.74, 6) is 1.80. The number of rotatable bonds is 7. The molecule has 0 saturated heterocycles. The van der Waals surface area contributed by atoms with Crippen LogP contribution in [0.4, 0.5) is 5.69 Å². The molecule has 0 fully saturated rings. The molecule has 9 aromatic carbocycles. The molecule has 0 unspecified atom stereocenters. The maximum atomic E-state index is 7.56. The summed E-state index contributed by atoms with van der Waals surface area (Å²) in [6, 6.07) is 71.5. The van der Waals surface area contributed by atoms with Crippen molar-refractivity contribution < 1.29 is 0 Å². The van der Waals surface area contributed by atoms with Gasteiger partial charge in [-0.15, -0.1) is 0 Å². The van der Waals surface area contributed by atoms with E-state index < -0.39 is 0 Å². The Kier molecular flexibility index (Phi) is 8.87. The van der Waals surface area contributed by atoms with Gasteiger partial charge in [-0.3, -0.25) is 0 Å². The first-order chi connectivity index (χ1) is 28.7. The molecular weight excluding hydrogens is 705 g/mol. The summed E-state index contributed by atoms with van der Waals surface area (Å²) in [6.45, 7) is 7.56. The minimum Gasteiger partial charge on any atom is -0.238 e. The highest BCUT2D eigenvalue weighted by atomic mass is 15.0. The van der Waals surface area contributed by atoms with E-state index in [4.69, 9.17) is 21.5 Å². The highest BCUT2D eigenvalue weighted by Crippen LogP contribution is 2.46. The van der Waals surface area contributed by atoms with E-state index in [0.717, 1.165) is 44.5 Å². The molecule has 58 heavy (non-hydrogen) atoms. The molecule has 1 heterocycles. The van der Waals surface area contributed by atoms with Gasteiger partial charge in [0.1, 0.15) is 0 Å². The van der Waals surface area contributed by atoms with E-state index >= 15 is 0 Å². The quantitative estimate of drug-likeness (QED) is 0.121. The molecule has 270 valence electrons. The van der Waals surface area contributed by atoms with Crippen LogP contribution in [0.3, 0.4) is 0 Å². The van der Waals surface area contributed by atoms with Crippen LogP contribution in [0.25, 0.3) is 105 Å². The molecule has 10 aromatic rings. The average Bonchev–Trinajstić information content (AvgIpc) is 3.31. The molecule has 0 spiro atoms. The Balaban J connectivity index is 1.25. The van der Waals surface area contributed by atoms with E-state index in [1.54, 1.807) is 0 Å². The van der Waals surface area contributed by atoms with Crippen LogP contribution in [0.5, 0.6) is 0 Å². The molecule has 0 radical (unpaired) electrons. The molecule has 0 N–H and O–H groups in total.